The predicted octanol–water partition coefficient (Wildman–Crippen LogP) is 4.70. The molecule has 2 heterocycles. The molecule has 0 fully saturated rings. The van der Waals surface area contributed by atoms with Crippen LogP contribution in [0.4, 0.5) is 0 Å². The second-order valence-electron chi connectivity index (χ2n) is 5.06. The van der Waals surface area contributed by atoms with Crippen LogP contribution in [0.15, 0.2) is 35.7 Å². The van der Waals surface area contributed by atoms with Crippen molar-refractivity contribution in [3.63, 3.8) is 0 Å². The molecule has 0 radical (unpaired) electrons. The largest absolute Gasteiger partial charge is 0.481 e. The first-order valence-corrected chi connectivity index (χ1v) is 8.54. The number of rotatable bonds is 5. The van der Waals surface area contributed by atoms with E-state index in [1.807, 2.05) is 25.1 Å². The molecule has 1 aromatic carbocycles. The molecule has 0 bridgehead atoms. The summed E-state index contributed by atoms with van der Waals surface area (Å²) in [6.45, 7) is 2.00. The van der Waals surface area contributed by atoms with Crippen molar-refractivity contribution in [3.05, 3.63) is 45.5 Å². The average Bonchev–Trinajstić information content (AvgIpc) is 3.07. The molecule has 1 unspecified atom stereocenters. The van der Waals surface area contributed by atoms with Crippen molar-refractivity contribution in [2.24, 2.45) is 0 Å². The van der Waals surface area contributed by atoms with Crippen LogP contribution >= 0.6 is 22.7 Å². The van der Waals surface area contributed by atoms with Crippen LogP contribution in [-0.2, 0) is 9.59 Å². The number of hydrogen-bond donors (Lipinski definition) is 1. The highest BCUT2D eigenvalue weighted by Crippen LogP contribution is 2.40. The van der Waals surface area contributed by atoms with Crippen LogP contribution < -0.4 is 0 Å². The zero-order chi connectivity index (χ0) is 15.7. The number of benzene rings is 1. The third kappa shape index (κ3) is 2.58. The van der Waals surface area contributed by atoms with E-state index in [1.54, 1.807) is 11.3 Å². The van der Waals surface area contributed by atoms with Crippen LogP contribution in [0.2, 0.25) is 0 Å². The molecule has 0 amide bonds. The van der Waals surface area contributed by atoms with Gasteiger partial charge in [0.15, 0.2) is 0 Å². The maximum atomic E-state index is 11.4. The highest BCUT2D eigenvalue weighted by molar-refractivity contribution is 7.18. The van der Waals surface area contributed by atoms with Gasteiger partial charge < -0.3 is 9.90 Å². The molecule has 22 heavy (non-hydrogen) atoms. The van der Waals surface area contributed by atoms with Crippen molar-refractivity contribution < 1.29 is 14.7 Å². The number of carboxylic acid groups (broad SMARTS) is 1. The van der Waals surface area contributed by atoms with E-state index in [9.17, 15) is 14.7 Å². The van der Waals surface area contributed by atoms with Crippen molar-refractivity contribution in [1.29, 1.82) is 0 Å². The van der Waals surface area contributed by atoms with Gasteiger partial charge in [-0.15, -0.1) is 22.7 Å². The normalized spacial score (nSPS) is 12.4. The van der Waals surface area contributed by atoms with Gasteiger partial charge in [0.25, 0.3) is 0 Å². The molecule has 0 aliphatic heterocycles. The van der Waals surface area contributed by atoms with E-state index in [4.69, 9.17) is 0 Å². The monoisotopic (exact) mass is 330 g/mol. The third-order valence-corrected chi connectivity index (χ3v) is 5.81. The molecular formula is C17H14O3S2. The molecule has 0 saturated heterocycles. The topological polar surface area (TPSA) is 54.4 Å². The Hall–Kier alpha value is -1.98. The molecular weight excluding hydrogens is 316 g/mol. The smallest absolute Gasteiger partial charge is 0.312 e. The molecule has 1 N–H and O–H groups in total. The Morgan fingerprint density at radius 1 is 1.32 bits per heavy atom. The van der Waals surface area contributed by atoms with Crippen molar-refractivity contribution >= 4 is 45.0 Å². The fraction of sp³-hybridized carbons (Fsp3) is 0.176. The average molecular weight is 330 g/mol. The third-order valence-electron chi connectivity index (χ3n) is 3.68. The van der Waals surface area contributed by atoms with Gasteiger partial charge in [-0.05, 0) is 30.0 Å². The lowest BCUT2D eigenvalue weighted by Gasteiger charge is -2.05. The number of aldehydes is 1. The summed E-state index contributed by atoms with van der Waals surface area (Å²) < 4.78 is 1.22. The minimum absolute atomic E-state index is 0.0130. The predicted molar refractivity (Wildman–Crippen MR) is 90.9 cm³/mol. The second kappa shape index (κ2) is 6.02. The van der Waals surface area contributed by atoms with Crippen molar-refractivity contribution in [1.82, 2.24) is 0 Å². The number of carboxylic acids is 1. The lowest BCUT2D eigenvalue weighted by Crippen LogP contribution is -2.10. The number of carbonyl (C=O) groups is 2. The first-order chi connectivity index (χ1) is 10.6. The molecule has 5 heteroatoms. The summed E-state index contributed by atoms with van der Waals surface area (Å²) in [5.41, 5.74) is 2.20. The minimum atomic E-state index is -0.949. The molecule has 0 spiro atoms. The van der Waals surface area contributed by atoms with Crippen LogP contribution in [0.1, 0.15) is 22.1 Å². The van der Waals surface area contributed by atoms with E-state index >= 15 is 0 Å². The summed E-state index contributed by atoms with van der Waals surface area (Å²) in [4.78, 5) is 23.9. The Labute approximate surface area is 135 Å². The molecule has 3 rings (SSSR count). The summed E-state index contributed by atoms with van der Waals surface area (Å²) in [5.74, 6) is -1.70. The van der Waals surface area contributed by atoms with Gasteiger partial charge in [-0.2, -0.15) is 0 Å². The maximum absolute atomic E-state index is 11.4. The first kappa shape index (κ1) is 14.9. The van der Waals surface area contributed by atoms with Crippen LogP contribution in [0, 0.1) is 6.92 Å². The molecule has 0 aliphatic rings. The van der Waals surface area contributed by atoms with Gasteiger partial charge in [0.1, 0.15) is 6.29 Å². The van der Waals surface area contributed by atoms with E-state index in [0.29, 0.717) is 6.29 Å². The lowest BCUT2D eigenvalue weighted by molar-refractivity contribution is -0.139. The molecule has 3 aromatic rings. The zero-order valence-corrected chi connectivity index (χ0v) is 13.5. The van der Waals surface area contributed by atoms with Gasteiger partial charge in [0.05, 0.1) is 5.92 Å². The Kier molecular flexibility index (Phi) is 4.09. The quantitative estimate of drug-likeness (QED) is 0.690. The van der Waals surface area contributed by atoms with E-state index in [2.05, 4.69) is 17.5 Å². The fourth-order valence-electron chi connectivity index (χ4n) is 2.57. The number of aliphatic carboxylic acids is 1. The van der Waals surface area contributed by atoms with Crippen LogP contribution in [0.25, 0.3) is 21.2 Å². The molecule has 2 aromatic heterocycles. The molecule has 1 atom stereocenters. The Bertz CT molecular complexity index is 845. The number of fused-ring (bicyclic) bond motifs is 1. The van der Waals surface area contributed by atoms with Gasteiger partial charge in [-0.1, -0.05) is 18.2 Å². The number of carbonyl (C=O) groups excluding carboxylic acids is 1. The summed E-state index contributed by atoms with van der Waals surface area (Å²) in [5, 5.41) is 12.6. The summed E-state index contributed by atoms with van der Waals surface area (Å²) in [6.07, 6.45) is 0.687. The highest BCUT2D eigenvalue weighted by atomic mass is 32.1. The number of thiophene rings is 2. The SMILES string of the molecule is Cc1sc(C(CC=O)C(=O)O)cc1-c1csc2ccccc12. The summed E-state index contributed by atoms with van der Waals surface area (Å²) in [6, 6.07) is 10.1. The van der Waals surface area contributed by atoms with Crippen molar-refractivity contribution in [3.8, 4) is 11.1 Å². The molecule has 0 aliphatic carbocycles. The molecule has 0 saturated carbocycles. The van der Waals surface area contributed by atoms with Crippen molar-refractivity contribution in [2.75, 3.05) is 0 Å². The Balaban J connectivity index is 2.09. The number of aryl methyl sites for hydroxylation is 1. The van der Waals surface area contributed by atoms with E-state index in [-0.39, 0.29) is 6.42 Å². The van der Waals surface area contributed by atoms with Crippen LogP contribution in [0.5, 0.6) is 0 Å². The van der Waals surface area contributed by atoms with Crippen LogP contribution in [0.3, 0.4) is 0 Å². The van der Waals surface area contributed by atoms with E-state index in [0.717, 1.165) is 20.9 Å². The van der Waals surface area contributed by atoms with Gasteiger partial charge in [0.2, 0.25) is 0 Å². The van der Waals surface area contributed by atoms with E-state index < -0.39 is 11.9 Å². The van der Waals surface area contributed by atoms with Crippen LogP contribution in [-0.4, -0.2) is 17.4 Å². The second-order valence-corrected chi connectivity index (χ2v) is 7.26. The molecule has 112 valence electrons. The van der Waals surface area contributed by atoms with E-state index in [1.165, 1.54) is 21.4 Å². The van der Waals surface area contributed by atoms with Gasteiger partial charge >= 0.3 is 5.97 Å². The van der Waals surface area contributed by atoms with Gasteiger partial charge in [0, 0.05) is 31.8 Å². The summed E-state index contributed by atoms with van der Waals surface area (Å²) in [7, 11) is 0. The van der Waals surface area contributed by atoms with Gasteiger partial charge in [-0.3, -0.25) is 4.79 Å². The lowest BCUT2D eigenvalue weighted by atomic mass is 10.0. The Morgan fingerprint density at radius 2 is 2.09 bits per heavy atom. The van der Waals surface area contributed by atoms with Crippen molar-refractivity contribution in [2.45, 2.75) is 19.3 Å². The highest BCUT2D eigenvalue weighted by Gasteiger charge is 2.23. The zero-order valence-electron chi connectivity index (χ0n) is 11.9. The Morgan fingerprint density at radius 3 is 2.82 bits per heavy atom. The summed E-state index contributed by atoms with van der Waals surface area (Å²) >= 11 is 3.15. The minimum Gasteiger partial charge on any atom is -0.481 e. The first-order valence-electron chi connectivity index (χ1n) is 6.85. The standard InChI is InChI=1S/C17H14O3S2/c1-10-13(8-16(22-10)12(6-7-18)17(19)20)14-9-21-15-5-3-2-4-11(14)15/h2-5,7-9,12H,6H2,1H3,(H,19,20). The number of hydrogen-bond acceptors (Lipinski definition) is 4. The van der Waals surface area contributed by atoms with Gasteiger partial charge in [-0.25, -0.2) is 0 Å². The molecule has 3 nitrogen and oxygen atoms in total. The maximum Gasteiger partial charge on any atom is 0.312 e. The fourth-order valence-corrected chi connectivity index (χ4v) is 4.67.